The molecule has 1 aromatic heterocycles. The molecular formula is C11H9N3O3S2. The lowest BCUT2D eigenvalue weighted by Gasteiger charge is -1.97. The smallest absolute Gasteiger partial charge is 0.280 e. The quantitative estimate of drug-likeness (QED) is 0.692. The maximum absolute atomic E-state index is 11.4. The van der Waals surface area contributed by atoms with Crippen molar-refractivity contribution >= 4 is 34.7 Å². The number of amides is 1. The van der Waals surface area contributed by atoms with Crippen molar-refractivity contribution in [3.05, 3.63) is 45.6 Å². The Bertz CT molecular complexity index is 610. The van der Waals surface area contributed by atoms with Crippen molar-refractivity contribution in [1.29, 1.82) is 0 Å². The first-order chi connectivity index (χ1) is 9.10. The summed E-state index contributed by atoms with van der Waals surface area (Å²) >= 11 is 2.69. The molecule has 0 unspecified atom stereocenters. The summed E-state index contributed by atoms with van der Waals surface area (Å²) < 4.78 is 0.854. The van der Waals surface area contributed by atoms with E-state index in [2.05, 4.69) is 10.3 Å². The topological polar surface area (TPSA) is 85.1 Å². The minimum absolute atomic E-state index is 0.0553. The van der Waals surface area contributed by atoms with Gasteiger partial charge in [-0.15, -0.1) is 11.3 Å². The van der Waals surface area contributed by atoms with Crippen LogP contribution in [0.4, 0.5) is 5.69 Å². The first-order valence-corrected chi connectivity index (χ1v) is 6.83. The molecule has 0 saturated carbocycles. The molecule has 8 heteroatoms. The van der Waals surface area contributed by atoms with Gasteiger partial charge in [0.05, 0.1) is 15.3 Å². The van der Waals surface area contributed by atoms with Crippen LogP contribution in [-0.2, 0) is 0 Å². The van der Waals surface area contributed by atoms with Gasteiger partial charge in [-0.05, 0) is 12.1 Å². The molecule has 1 aromatic carbocycles. The Morgan fingerprint density at radius 2 is 2.11 bits per heavy atom. The number of rotatable bonds is 4. The number of hydrogen-bond acceptors (Lipinski definition) is 6. The molecule has 0 fully saturated rings. The number of carbonyl (C=O) groups is 1. The first kappa shape index (κ1) is 13.5. The van der Waals surface area contributed by atoms with Crippen molar-refractivity contribution in [2.75, 3.05) is 7.05 Å². The number of nitrogens with zero attached hydrogens (tertiary/aromatic N) is 2. The molecule has 6 nitrogen and oxygen atoms in total. The van der Waals surface area contributed by atoms with E-state index < -0.39 is 4.92 Å². The monoisotopic (exact) mass is 295 g/mol. The van der Waals surface area contributed by atoms with Gasteiger partial charge < -0.3 is 5.32 Å². The lowest BCUT2D eigenvalue weighted by atomic mass is 10.3. The molecule has 0 aliphatic carbocycles. The van der Waals surface area contributed by atoms with E-state index in [-0.39, 0.29) is 11.6 Å². The molecule has 2 rings (SSSR count). The van der Waals surface area contributed by atoms with Crippen molar-refractivity contribution in [3.63, 3.8) is 0 Å². The average Bonchev–Trinajstić information content (AvgIpc) is 2.87. The number of carbonyl (C=O) groups excluding carboxylic acids is 1. The second kappa shape index (κ2) is 5.81. The Labute approximate surface area is 117 Å². The molecule has 98 valence electrons. The SMILES string of the molecule is CNC(=O)c1ncc(Sc2ccc([N+](=O)[O-])cc2)s1. The molecule has 1 amide bonds. The normalized spacial score (nSPS) is 10.2. The zero-order chi connectivity index (χ0) is 13.8. The van der Waals surface area contributed by atoms with Crippen molar-refractivity contribution in [2.24, 2.45) is 0 Å². The summed E-state index contributed by atoms with van der Waals surface area (Å²) in [6, 6.07) is 6.23. The van der Waals surface area contributed by atoms with Gasteiger partial charge in [0.2, 0.25) is 0 Å². The standard InChI is InChI=1S/C11H9N3O3S2/c1-12-10(15)11-13-6-9(19-11)18-8-4-2-7(3-5-8)14(16)17/h2-6H,1H3,(H,12,15). The average molecular weight is 295 g/mol. The molecule has 0 aliphatic heterocycles. The Morgan fingerprint density at radius 3 is 2.68 bits per heavy atom. The predicted molar refractivity (Wildman–Crippen MR) is 72.7 cm³/mol. The fourth-order valence-electron chi connectivity index (χ4n) is 1.27. The van der Waals surface area contributed by atoms with Crippen LogP contribution in [0.15, 0.2) is 39.6 Å². The Kier molecular flexibility index (Phi) is 4.13. The second-order valence-electron chi connectivity index (χ2n) is 3.42. The van der Waals surface area contributed by atoms with Crippen LogP contribution >= 0.6 is 23.1 Å². The van der Waals surface area contributed by atoms with Gasteiger partial charge in [-0.2, -0.15) is 0 Å². The molecule has 1 N–H and O–H groups in total. The Balaban J connectivity index is 2.10. The largest absolute Gasteiger partial charge is 0.353 e. The van der Waals surface area contributed by atoms with E-state index in [1.165, 1.54) is 35.2 Å². The summed E-state index contributed by atoms with van der Waals surface area (Å²) in [6.45, 7) is 0. The van der Waals surface area contributed by atoms with Gasteiger partial charge in [0.15, 0.2) is 5.01 Å². The van der Waals surface area contributed by atoms with E-state index in [9.17, 15) is 14.9 Å². The van der Waals surface area contributed by atoms with Crippen LogP contribution < -0.4 is 5.32 Å². The predicted octanol–water partition coefficient (Wildman–Crippen LogP) is 2.56. The van der Waals surface area contributed by atoms with E-state index in [0.29, 0.717) is 5.01 Å². The summed E-state index contributed by atoms with van der Waals surface area (Å²) in [5, 5.41) is 13.4. The number of hydrogen-bond donors (Lipinski definition) is 1. The molecule has 2 aromatic rings. The van der Waals surface area contributed by atoms with Gasteiger partial charge in [0.1, 0.15) is 0 Å². The highest BCUT2D eigenvalue weighted by atomic mass is 32.2. The molecule has 0 bridgehead atoms. The third kappa shape index (κ3) is 3.30. The summed E-state index contributed by atoms with van der Waals surface area (Å²) in [4.78, 5) is 26.3. The molecule has 1 heterocycles. The number of non-ortho nitro benzene ring substituents is 1. The number of nitro groups is 1. The van der Waals surface area contributed by atoms with E-state index in [0.717, 1.165) is 9.10 Å². The molecule has 0 spiro atoms. The summed E-state index contributed by atoms with van der Waals surface area (Å²) in [6.07, 6.45) is 1.61. The van der Waals surface area contributed by atoms with E-state index in [1.807, 2.05) is 0 Å². The fourth-order valence-corrected chi connectivity index (χ4v) is 3.17. The summed E-state index contributed by atoms with van der Waals surface area (Å²) in [5.74, 6) is -0.222. The Morgan fingerprint density at radius 1 is 1.42 bits per heavy atom. The van der Waals surface area contributed by atoms with Crippen LogP contribution in [0.5, 0.6) is 0 Å². The van der Waals surface area contributed by atoms with Gasteiger partial charge in [0.25, 0.3) is 11.6 Å². The van der Waals surface area contributed by atoms with E-state index in [4.69, 9.17) is 0 Å². The maximum Gasteiger partial charge on any atom is 0.280 e. The zero-order valence-corrected chi connectivity index (χ0v) is 11.5. The lowest BCUT2D eigenvalue weighted by molar-refractivity contribution is -0.384. The van der Waals surface area contributed by atoms with Crippen LogP contribution in [-0.4, -0.2) is 22.9 Å². The lowest BCUT2D eigenvalue weighted by Crippen LogP contribution is -2.17. The highest BCUT2D eigenvalue weighted by Crippen LogP contribution is 2.32. The number of nitro benzene ring substituents is 1. The van der Waals surface area contributed by atoms with Crippen molar-refractivity contribution in [3.8, 4) is 0 Å². The third-order valence-corrected chi connectivity index (χ3v) is 4.28. The number of thiazole rings is 1. The van der Waals surface area contributed by atoms with E-state index >= 15 is 0 Å². The molecule has 0 aliphatic rings. The third-order valence-electron chi connectivity index (χ3n) is 2.17. The number of nitrogens with one attached hydrogen (secondary N) is 1. The van der Waals surface area contributed by atoms with Crippen LogP contribution in [0.2, 0.25) is 0 Å². The van der Waals surface area contributed by atoms with E-state index in [1.54, 1.807) is 25.4 Å². The molecule has 0 saturated heterocycles. The van der Waals surface area contributed by atoms with Gasteiger partial charge in [-0.3, -0.25) is 14.9 Å². The highest BCUT2D eigenvalue weighted by Gasteiger charge is 2.10. The Hall–Kier alpha value is -1.93. The molecule has 19 heavy (non-hydrogen) atoms. The maximum atomic E-state index is 11.4. The highest BCUT2D eigenvalue weighted by molar-refractivity contribution is 8.01. The minimum atomic E-state index is -0.440. The summed E-state index contributed by atoms with van der Waals surface area (Å²) in [5.41, 5.74) is 0.0553. The summed E-state index contributed by atoms with van der Waals surface area (Å²) in [7, 11) is 1.55. The van der Waals surface area contributed by atoms with Crippen LogP contribution in [0.3, 0.4) is 0 Å². The number of aromatic nitrogens is 1. The second-order valence-corrected chi connectivity index (χ2v) is 5.82. The minimum Gasteiger partial charge on any atom is -0.353 e. The zero-order valence-electron chi connectivity index (χ0n) is 9.82. The van der Waals surface area contributed by atoms with Gasteiger partial charge in [-0.25, -0.2) is 4.98 Å². The van der Waals surface area contributed by atoms with Crippen LogP contribution in [0.25, 0.3) is 0 Å². The van der Waals surface area contributed by atoms with Crippen LogP contribution in [0, 0.1) is 10.1 Å². The van der Waals surface area contributed by atoms with Crippen molar-refractivity contribution < 1.29 is 9.72 Å². The number of benzene rings is 1. The van der Waals surface area contributed by atoms with Gasteiger partial charge in [-0.1, -0.05) is 11.8 Å². The molecular weight excluding hydrogens is 286 g/mol. The molecule has 0 atom stereocenters. The van der Waals surface area contributed by atoms with Crippen LogP contribution in [0.1, 0.15) is 9.80 Å². The first-order valence-electron chi connectivity index (χ1n) is 5.20. The molecule has 0 radical (unpaired) electrons. The fraction of sp³-hybridized carbons (Fsp3) is 0.0909. The van der Waals surface area contributed by atoms with Gasteiger partial charge in [0, 0.05) is 24.1 Å². The van der Waals surface area contributed by atoms with Gasteiger partial charge >= 0.3 is 0 Å². The van der Waals surface area contributed by atoms with Crippen molar-refractivity contribution in [1.82, 2.24) is 10.3 Å². The van der Waals surface area contributed by atoms with Crippen molar-refractivity contribution in [2.45, 2.75) is 9.10 Å².